The van der Waals surface area contributed by atoms with Crippen LogP contribution in [0.5, 0.6) is 0 Å². The van der Waals surface area contributed by atoms with E-state index in [2.05, 4.69) is 16.5 Å². The van der Waals surface area contributed by atoms with Gasteiger partial charge in [-0.1, -0.05) is 6.92 Å². The summed E-state index contributed by atoms with van der Waals surface area (Å²) < 4.78 is 7.77. The molecule has 0 saturated carbocycles. The van der Waals surface area contributed by atoms with Crippen LogP contribution < -0.4 is 0 Å². The molecular formula is C13H17N3O. The van der Waals surface area contributed by atoms with E-state index in [9.17, 15) is 0 Å². The van der Waals surface area contributed by atoms with Crippen LogP contribution in [0, 0.1) is 0 Å². The molecule has 4 nitrogen and oxygen atoms in total. The van der Waals surface area contributed by atoms with Gasteiger partial charge in [0, 0.05) is 19.2 Å². The second-order valence-electron chi connectivity index (χ2n) is 4.51. The summed E-state index contributed by atoms with van der Waals surface area (Å²) in [6.45, 7) is 3.82. The number of nitrogens with zero attached hydrogens (tertiary/aromatic N) is 3. The zero-order chi connectivity index (χ0) is 11.7. The quantitative estimate of drug-likeness (QED) is 0.814. The van der Waals surface area contributed by atoms with E-state index < -0.39 is 0 Å². The first kappa shape index (κ1) is 10.7. The molecule has 0 radical (unpaired) electrons. The molecule has 0 amide bonds. The zero-order valence-corrected chi connectivity index (χ0v) is 10.1. The third kappa shape index (κ3) is 1.82. The number of imidazole rings is 1. The van der Waals surface area contributed by atoms with Gasteiger partial charge in [-0.15, -0.1) is 0 Å². The number of hydrogen-bond donors (Lipinski definition) is 0. The molecule has 1 atom stereocenters. The molecule has 1 aliphatic heterocycles. The summed E-state index contributed by atoms with van der Waals surface area (Å²) in [7, 11) is 0. The molecule has 2 aromatic rings. The minimum Gasteiger partial charge on any atom is -0.379 e. The third-order valence-electron chi connectivity index (χ3n) is 3.27. The second kappa shape index (κ2) is 4.45. The predicted molar refractivity (Wildman–Crippen MR) is 66.0 cm³/mol. The Bertz CT molecular complexity index is 514. The molecule has 1 fully saturated rings. The molecule has 1 aliphatic rings. The average molecular weight is 231 g/mol. The molecule has 4 heteroatoms. The fraction of sp³-hybridized carbons (Fsp3) is 0.538. The maximum atomic E-state index is 5.49. The highest BCUT2D eigenvalue weighted by Crippen LogP contribution is 2.26. The smallest absolute Gasteiger partial charge is 0.160 e. The van der Waals surface area contributed by atoms with Gasteiger partial charge < -0.3 is 9.30 Å². The maximum absolute atomic E-state index is 5.49. The summed E-state index contributed by atoms with van der Waals surface area (Å²) in [5.41, 5.74) is 2.01. The van der Waals surface area contributed by atoms with Gasteiger partial charge in [0.05, 0.1) is 12.6 Å². The summed E-state index contributed by atoms with van der Waals surface area (Å²) in [6.07, 6.45) is 5.02. The molecule has 1 unspecified atom stereocenters. The first-order chi connectivity index (χ1) is 8.40. The van der Waals surface area contributed by atoms with Crippen LogP contribution in [0.1, 0.15) is 31.6 Å². The largest absolute Gasteiger partial charge is 0.379 e. The molecule has 90 valence electrons. The number of rotatable bonds is 3. The monoisotopic (exact) mass is 231 g/mol. The lowest BCUT2D eigenvalue weighted by Gasteiger charge is -2.13. The van der Waals surface area contributed by atoms with Gasteiger partial charge in [-0.25, -0.2) is 9.97 Å². The van der Waals surface area contributed by atoms with Crippen LogP contribution in [0.4, 0.5) is 0 Å². The van der Waals surface area contributed by atoms with Gasteiger partial charge in [-0.3, -0.25) is 0 Å². The van der Waals surface area contributed by atoms with Crippen molar-refractivity contribution < 1.29 is 4.74 Å². The van der Waals surface area contributed by atoms with Crippen molar-refractivity contribution in [1.29, 1.82) is 0 Å². The van der Waals surface area contributed by atoms with Crippen molar-refractivity contribution >= 4 is 11.2 Å². The van der Waals surface area contributed by atoms with Crippen molar-refractivity contribution in [3.8, 4) is 0 Å². The average Bonchev–Trinajstić information content (AvgIpc) is 2.94. The van der Waals surface area contributed by atoms with E-state index in [0.717, 1.165) is 49.5 Å². The van der Waals surface area contributed by atoms with Gasteiger partial charge in [0.25, 0.3) is 0 Å². The maximum Gasteiger partial charge on any atom is 0.160 e. The Morgan fingerprint density at radius 2 is 2.47 bits per heavy atom. The van der Waals surface area contributed by atoms with Gasteiger partial charge in [-0.05, 0) is 25.0 Å². The van der Waals surface area contributed by atoms with Gasteiger partial charge >= 0.3 is 0 Å². The molecule has 3 heterocycles. The van der Waals surface area contributed by atoms with Crippen LogP contribution in [-0.2, 0) is 11.2 Å². The fourth-order valence-electron chi connectivity index (χ4n) is 2.49. The highest BCUT2D eigenvalue weighted by Gasteiger charge is 2.23. The Morgan fingerprint density at radius 1 is 1.53 bits per heavy atom. The molecule has 0 bridgehead atoms. The molecule has 0 aromatic carbocycles. The molecule has 17 heavy (non-hydrogen) atoms. The lowest BCUT2D eigenvalue weighted by atomic mass is 10.2. The third-order valence-corrected chi connectivity index (χ3v) is 3.27. The van der Waals surface area contributed by atoms with Crippen LogP contribution in [0.2, 0.25) is 0 Å². The second-order valence-corrected chi connectivity index (χ2v) is 4.51. The minimum atomic E-state index is 0.413. The molecule has 2 aromatic heterocycles. The van der Waals surface area contributed by atoms with E-state index in [1.165, 1.54) is 0 Å². The summed E-state index contributed by atoms with van der Waals surface area (Å²) in [5.74, 6) is 1.15. The van der Waals surface area contributed by atoms with Crippen LogP contribution in [-0.4, -0.2) is 27.7 Å². The van der Waals surface area contributed by atoms with Crippen LogP contribution >= 0.6 is 0 Å². The fourth-order valence-corrected chi connectivity index (χ4v) is 2.49. The van der Waals surface area contributed by atoms with Crippen molar-refractivity contribution in [3.05, 3.63) is 24.2 Å². The van der Waals surface area contributed by atoms with E-state index in [4.69, 9.17) is 9.72 Å². The summed E-state index contributed by atoms with van der Waals surface area (Å²) >= 11 is 0. The predicted octanol–water partition coefficient (Wildman–Crippen LogP) is 2.35. The van der Waals surface area contributed by atoms with Crippen LogP contribution in [0.3, 0.4) is 0 Å². The number of aryl methyl sites for hydroxylation is 1. The number of hydrogen-bond acceptors (Lipinski definition) is 3. The zero-order valence-electron chi connectivity index (χ0n) is 10.1. The van der Waals surface area contributed by atoms with Gasteiger partial charge in [0.1, 0.15) is 11.3 Å². The molecule has 1 saturated heterocycles. The standard InChI is InChI=1S/C13H17N3O/c1-2-4-12-15-11-5-3-7-14-13(11)16(12)10-6-8-17-9-10/h3,5,7,10H,2,4,6,8-9H2,1H3. The van der Waals surface area contributed by atoms with Crippen LogP contribution in [0.25, 0.3) is 11.2 Å². The SMILES string of the molecule is CCCc1nc2cccnc2n1C1CCOC1. The Labute approximate surface area is 101 Å². The molecule has 0 spiro atoms. The summed E-state index contributed by atoms with van der Waals surface area (Å²) in [4.78, 5) is 9.17. The van der Waals surface area contributed by atoms with Gasteiger partial charge in [-0.2, -0.15) is 0 Å². The van der Waals surface area contributed by atoms with Gasteiger partial charge in [0.2, 0.25) is 0 Å². The number of fused-ring (bicyclic) bond motifs is 1. The van der Waals surface area contributed by atoms with Crippen molar-refractivity contribution in [1.82, 2.24) is 14.5 Å². The van der Waals surface area contributed by atoms with E-state index >= 15 is 0 Å². The van der Waals surface area contributed by atoms with Gasteiger partial charge in [0.15, 0.2) is 5.65 Å². The molecular weight excluding hydrogens is 214 g/mol. The van der Waals surface area contributed by atoms with E-state index in [-0.39, 0.29) is 0 Å². The normalized spacial score (nSPS) is 20.2. The number of aromatic nitrogens is 3. The van der Waals surface area contributed by atoms with E-state index in [1.807, 2.05) is 18.3 Å². The van der Waals surface area contributed by atoms with Crippen molar-refractivity contribution in [3.63, 3.8) is 0 Å². The molecule has 3 rings (SSSR count). The summed E-state index contributed by atoms with van der Waals surface area (Å²) in [6, 6.07) is 4.39. The Balaban J connectivity index is 2.13. The molecule has 0 N–H and O–H groups in total. The van der Waals surface area contributed by atoms with Crippen molar-refractivity contribution in [2.24, 2.45) is 0 Å². The summed E-state index contributed by atoms with van der Waals surface area (Å²) in [5, 5.41) is 0. The first-order valence-corrected chi connectivity index (χ1v) is 6.29. The van der Waals surface area contributed by atoms with Crippen molar-refractivity contribution in [2.45, 2.75) is 32.2 Å². The van der Waals surface area contributed by atoms with Crippen molar-refractivity contribution in [2.75, 3.05) is 13.2 Å². The minimum absolute atomic E-state index is 0.413. The lowest BCUT2D eigenvalue weighted by Crippen LogP contribution is -2.12. The Kier molecular flexibility index (Phi) is 2.81. The van der Waals surface area contributed by atoms with Crippen LogP contribution in [0.15, 0.2) is 18.3 Å². The number of pyridine rings is 1. The topological polar surface area (TPSA) is 39.9 Å². The Morgan fingerprint density at radius 3 is 3.24 bits per heavy atom. The highest BCUT2D eigenvalue weighted by molar-refractivity contribution is 5.71. The van der Waals surface area contributed by atoms with E-state index in [0.29, 0.717) is 6.04 Å². The van der Waals surface area contributed by atoms with E-state index in [1.54, 1.807) is 0 Å². The number of ether oxygens (including phenoxy) is 1. The Hall–Kier alpha value is -1.42. The first-order valence-electron chi connectivity index (χ1n) is 6.29. The highest BCUT2D eigenvalue weighted by atomic mass is 16.5. The lowest BCUT2D eigenvalue weighted by molar-refractivity contribution is 0.186. The molecule has 0 aliphatic carbocycles.